The van der Waals surface area contributed by atoms with Gasteiger partial charge in [-0.3, -0.25) is 0 Å². The highest BCUT2D eigenvalue weighted by Crippen LogP contribution is 2.53. The van der Waals surface area contributed by atoms with E-state index in [0.717, 1.165) is 0 Å². The number of nitrogens with zero attached hydrogens (tertiary/aromatic N) is 1. The fraction of sp³-hybridized carbons (Fsp3) is 0.111. The lowest BCUT2D eigenvalue weighted by molar-refractivity contribution is 0.632. The molecule has 4 bridgehead atoms. The minimum absolute atomic E-state index is 0.0183. The predicted octanol–water partition coefficient (Wildman–Crippen LogP) is 7.41. The molecule has 0 fully saturated rings. The van der Waals surface area contributed by atoms with E-state index in [1.54, 1.807) is 0 Å². The molecule has 1 aliphatic rings. The molecule has 1 N–H and O–H groups in total. The van der Waals surface area contributed by atoms with Crippen molar-refractivity contribution in [2.75, 3.05) is 4.90 Å². The van der Waals surface area contributed by atoms with Gasteiger partial charge in [0.1, 0.15) is 0 Å². The van der Waals surface area contributed by atoms with Gasteiger partial charge < -0.3 is 9.88 Å². The Morgan fingerprint density at radius 3 is 1.93 bits per heavy atom. The number of aromatic amines is 1. The van der Waals surface area contributed by atoms with Crippen LogP contribution in [0.2, 0.25) is 0 Å². The molecule has 138 valence electrons. The molecule has 0 radical (unpaired) electrons. The summed E-state index contributed by atoms with van der Waals surface area (Å²) in [5, 5.41) is 2.85. The summed E-state index contributed by atoms with van der Waals surface area (Å²) in [5.41, 5.74) is 11.8. The van der Waals surface area contributed by atoms with Gasteiger partial charge in [0.05, 0.1) is 16.9 Å². The molecule has 0 aliphatic carbocycles. The highest BCUT2D eigenvalue weighted by molar-refractivity contribution is 6.34. The van der Waals surface area contributed by atoms with Crippen LogP contribution in [0.3, 0.4) is 0 Å². The number of anilines is 3. The molecular formula is C27H20N2. The molecule has 2 heteroatoms. The quantitative estimate of drug-likeness (QED) is 0.335. The van der Waals surface area contributed by atoms with Gasteiger partial charge in [-0.15, -0.1) is 0 Å². The van der Waals surface area contributed by atoms with Crippen molar-refractivity contribution in [3.63, 3.8) is 0 Å². The van der Waals surface area contributed by atoms with Crippen LogP contribution in [-0.4, -0.2) is 4.98 Å². The van der Waals surface area contributed by atoms with Crippen LogP contribution in [-0.2, 0) is 5.41 Å². The van der Waals surface area contributed by atoms with E-state index in [0.29, 0.717) is 0 Å². The van der Waals surface area contributed by atoms with E-state index in [2.05, 4.69) is 103 Å². The number of para-hydroxylation sites is 2. The summed E-state index contributed by atoms with van der Waals surface area (Å²) in [5.74, 6) is 0. The molecular weight excluding hydrogens is 352 g/mol. The Kier molecular flexibility index (Phi) is 2.60. The number of H-pyrrole nitrogens is 1. The lowest BCUT2D eigenvalue weighted by atomic mass is 9.73. The number of aromatic nitrogens is 1. The van der Waals surface area contributed by atoms with Crippen molar-refractivity contribution in [1.82, 2.24) is 4.98 Å². The second-order valence-electron chi connectivity index (χ2n) is 8.76. The summed E-state index contributed by atoms with van der Waals surface area (Å²) in [6, 6.07) is 28.9. The Morgan fingerprint density at radius 2 is 1.38 bits per heavy atom. The third-order valence-electron chi connectivity index (χ3n) is 6.91. The van der Waals surface area contributed by atoms with E-state index >= 15 is 0 Å². The molecule has 9 rings (SSSR count). The van der Waals surface area contributed by atoms with Gasteiger partial charge in [0, 0.05) is 33.0 Å². The lowest BCUT2D eigenvalue weighted by Gasteiger charge is -2.42. The summed E-state index contributed by atoms with van der Waals surface area (Å²) < 4.78 is 0. The first kappa shape index (κ1) is 15.4. The third-order valence-corrected chi connectivity index (χ3v) is 6.91. The zero-order chi connectivity index (χ0) is 19.3. The first-order valence-electron chi connectivity index (χ1n) is 10.2. The molecule has 0 saturated carbocycles. The largest absolute Gasteiger partial charge is 0.354 e. The van der Waals surface area contributed by atoms with E-state index in [1.165, 1.54) is 61.1 Å². The number of fused-ring (bicyclic) bond motifs is 2. The van der Waals surface area contributed by atoms with Crippen molar-refractivity contribution in [1.29, 1.82) is 0 Å². The highest BCUT2D eigenvalue weighted by Gasteiger charge is 2.36. The van der Waals surface area contributed by atoms with Crippen molar-refractivity contribution in [2.24, 2.45) is 0 Å². The van der Waals surface area contributed by atoms with Crippen LogP contribution >= 0.6 is 0 Å². The van der Waals surface area contributed by atoms with E-state index < -0.39 is 0 Å². The number of hydrogen-bond donors (Lipinski definition) is 1. The Hall–Kier alpha value is -3.52. The van der Waals surface area contributed by atoms with Crippen molar-refractivity contribution in [2.45, 2.75) is 19.3 Å². The molecule has 2 nitrogen and oxygen atoms in total. The predicted molar refractivity (Wildman–Crippen MR) is 122 cm³/mol. The maximum Gasteiger partial charge on any atom is 0.0552 e. The van der Waals surface area contributed by atoms with E-state index in [9.17, 15) is 0 Å². The molecule has 5 aromatic carbocycles. The Bertz CT molecular complexity index is 1390. The molecule has 1 aliphatic heterocycles. The standard InChI is InChI=1S/C27H20N2/c1-27(2)19-7-3-5-9-22(19)29(23-10-6-4-8-20(23)27)17-13-11-16(12-14-17)24-25-18-15-21(25)28-26(18)24/h3-15,28H,1-2H3. The van der Waals surface area contributed by atoms with E-state index in [4.69, 9.17) is 0 Å². The molecule has 0 amide bonds. The van der Waals surface area contributed by atoms with Crippen molar-refractivity contribution < 1.29 is 0 Å². The van der Waals surface area contributed by atoms with Crippen LogP contribution in [0.5, 0.6) is 0 Å². The fourth-order valence-corrected chi connectivity index (χ4v) is 5.40. The molecule has 4 heterocycles. The summed E-state index contributed by atoms with van der Waals surface area (Å²) >= 11 is 0. The zero-order valence-corrected chi connectivity index (χ0v) is 16.5. The highest BCUT2D eigenvalue weighted by atomic mass is 15.2. The number of rotatable bonds is 2. The van der Waals surface area contributed by atoms with Gasteiger partial charge in [0.15, 0.2) is 0 Å². The maximum absolute atomic E-state index is 3.48. The van der Waals surface area contributed by atoms with Crippen LogP contribution < -0.4 is 4.90 Å². The van der Waals surface area contributed by atoms with Gasteiger partial charge in [-0.1, -0.05) is 62.4 Å². The van der Waals surface area contributed by atoms with Gasteiger partial charge in [0.25, 0.3) is 0 Å². The molecule has 0 unspecified atom stereocenters. The smallest absolute Gasteiger partial charge is 0.0552 e. The number of benzene rings is 4. The van der Waals surface area contributed by atoms with Gasteiger partial charge in [-0.2, -0.15) is 0 Å². The van der Waals surface area contributed by atoms with Crippen LogP contribution in [0.4, 0.5) is 17.1 Å². The summed E-state index contributed by atoms with van der Waals surface area (Å²) in [4.78, 5) is 5.89. The molecule has 29 heavy (non-hydrogen) atoms. The van der Waals surface area contributed by atoms with Gasteiger partial charge in [-0.25, -0.2) is 0 Å². The summed E-state index contributed by atoms with van der Waals surface area (Å²) in [6.07, 6.45) is 0. The van der Waals surface area contributed by atoms with Gasteiger partial charge in [0.2, 0.25) is 0 Å². The monoisotopic (exact) mass is 372 g/mol. The van der Waals surface area contributed by atoms with Crippen molar-refractivity contribution in [3.8, 4) is 11.1 Å². The average molecular weight is 372 g/mol. The number of nitrogens with one attached hydrogen (secondary N) is 1. The van der Waals surface area contributed by atoms with Crippen LogP contribution in [0, 0.1) is 0 Å². The van der Waals surface area contributed by atoms with Gasteiger partial charge >= 0.3 is 0 Å². The normalized spacial score (nSPS) is 15.4. The fourth-order valence-electron chi connectivity index (χ4n) is 5.40. The van der Waals surface area contributed by atoms with Crippen LogP contribution in [0.1, 0.15) is 25.0 Å². The third kappa shape index (κ3) is 1.73. The Balaban J connectivity index is 1.39. The summed E-state index contributed by atoms with van der Waals surface area (Å²) in [6.45, 7) is 4.65. The second-order valence-corrected chi connectivity index (χ2v) is 8.76. The van der Waals surface area contributed by atoms with Crippen molar-refractivity contribution >= 4 is 38.9 Å². The Labute approximate surface area is 169 Å². The minimum atomic E-state index is -0.0183. The maximum atomic E-state index is 3.48. The van der Waals surface area contributed by atoms with Crippen LogP contribution in [0.25, 0.3) is 32.9 Å². The second kappa shape index (κ2) is 4.90. The summed E-state index contributed by atoms with van der Waals surface area (Å²) in [7, 11) is 0. The molecule has 0 atom stereocenters. The molecule has 0 saturated heterocycles. The first-order chi connectivity index (χ1) is 14.1. The molecule has 0 spiro atoms. The lowest BCUT2D eigenvalue weighted by Crippen LogP contribution is -2.30. The number of hydrogen-bond acceptors (Lipinski definition) is 1. The van der Waals surface area contributed by atoms with E-state index in [-0.39, 0.29) is 5.41 Å². The SMILES string of the molecule is CC1(C)c2ccccc2N(c2ccc(-c3c4[nH]c5cc4c35)cc2)c2ccccc21. The van der Waals surface area contributed by atoms with E-state index in [1.807, 2.05) is 0 Å². The van der Waals surface area contributed by atoms with Crippen molar-refractivity contribution in [3.05, 3.63) is 90.0 Å². The molecule has 8 aromatic rings. The average Bonchev–Trinajstić information content (AvgIpc) is 3.41. The van der Waals surface area contributed by atoms with Gasteiger partial charge in [-0.05, 0) is 47.0 Å². The van der Waals surface area contributed by atoms with Crippen LogP contribution in [0.15, 0.2) is 78.9 Å². The first-order valence-corrected chi connectivity index (χ1v) is 10.2. The topological polar surface area (TPSA) is 19.0 Å². The minimum Gasteiger partial charge on any atom is -0.354 e. The molecule has 3 aromatic heterocycles. The zero-order valence-electron chi connectivity index (χ0n) is 16.5. The Morgan fingerprint density at radius 1 is 0.759 bits per heavy atom.